The fourth-order valence-corrected chi connectivity index (χ4v) is 3.39. The van der Waals surface area contributed by atoms with Crippen molar-refractivity contribution in [2.75, 3.05) is 26.1 Å². The Bertz CT molecular complexity index is 657. The van der Waals surface area contributed by atoms with Gasteiger partial charge in [0.05, 0.1) is 7.11 Å². The highest BCUT2D eigenvalue weighted by Crippen LogP contribution is 2.36. The van der Waals surface area contributed by atoms with Gasteiger partial charge in [0.2, 0.25) is 5.13 Å². The molecule has 3 N–H and O–H groups in total. The zero-order chi connectivity index (χ0) is 15.4. The molecule has 1 heterocycles. The zero-order valence-corrected chi connectivity index (χ0v) is 13.4. The number of aromatic nitrogens is 2. The first kappa shape index (κ1) is 15.4. The Hall–Kier alpha value is -2.00. The summed E-state index contributed by atoms with van der Waals surface area (Å²) in [7, 11) is 5.40. The van der Waals surface area contributed by atoms with Gasteiger partial charge in [-0.3, -0.25) is 0 Å². The normalized spacial score (nSPS) is 11.5. The number of hydrogen-bond acceptors (Lipinski definition) is 8. The summed E-state index contributed by atoms with van der Waals surface area (Å²) in [6, 6.07) is 5.31. The zero-order valence-electron chi connectivity index (χ0n) is 11.8. The Morgan fingerprint density at radius 3 is 2.76 bits per heavy atom. The third kappa shape index (κ3) is 3.56. The maximum Gasteiger partial charge on any atom is 0.208 e. The van der Waals surface area contributed by atoms with Crippen molar-refractivity contribution in [2.24, 2.45) is 10.9 Å². The fourth-order valence-electron chi connectivity index (χ4n) is 1.50. The summed E-state index contributed by atoms with van der Waals surface area (Å²) in [5, 5.41) is 20.9. The topological polar surface area (TPSA) is 96.9 Å². The van der Waals surface area contributed by atoms with Crippen LogP contribution >= 0.6 is 23.1 Å². The van der Waals surface area contributed by atoms with Crippen LogP contribution in [0.5, 0.6) is 5.75 Å². The monoisotopic (exact) mass is 325 g/mol. The standard InChI is InChI=1S/C12H15N5O2S2/c1-17(2)11-14-15-12(21-11)20-9-6-7(19-3)4-5-8(9)10(13)16-18/h4-6,18H,1-3H3,(H2,13,16). The van der Waals surface area contributed by atoms with Crippen LogP contribution in [0.4, 0.5) is 5.13 Å². The van der Waals surface area contributed by atoms with Crippen molar-refractivity contribution < 1.29 is 9.94 Å². The van der Waals surface area contributed by atoms with Gasteiger partial charge in [-0.15, -0.1) is 10.2 Å². The van der Waals surface area contributed by atoms with E-state index in [1.807, 2.05) is 25.1 Å². The second kappa shape index (κ2) is 6.64. The van der Waals surface area contributed by atoms with E-state index >= 15 is 0 Å². The number of methoxy groups -OCH3 is 1. The van der Waals surface area contributed by atoms with Crippen LogP contribution in [0, 0.1) is 0 Å². The molecule has 9 heteroatoms. The molecule has 0 aliphatic carbocycles. The molecule has 7 nitrogen and oxygen atoms in total. The van der Waals surface area contributed by atoms with Crippen molar-refractivity contribution in [3.8, 4) is 5.75 Å². The summed E-state index contributed by atoms with van der Waals surface area (Å²) in [5.74, 6) is 0.724. The maximum atomic E-state index is 8.87. The summed E-state index contributed by atoms with van der Waals surface area (Å²) in [4.78, 5) is 2.67. The number of hydrogen-bond donors (Lipinski definition) is 2. The molecule has 0 atom stereocenters. The molecule has 0 radical (unpaired) electrons. The molecule has 0 aliphatic rings. The lowest BCUT2D eigenvalue weighted by molar-refractivity contribution is 0.318. The number of anilines is 1. The van der Waals surface area contributed by atoms with Gasteiger partial charge in [0.25, 0.3) is 0 Å². The molecular weight excluding hydrogens is 310 g/mol. The molecule has 0 saturated heterocycles. The molecule has 21 heavy (non-hydrogen) atoms. The van der Waals surface area contributed by atoms with Crippen LogP contribution in [0.25, 0.3) is 0 Å². The highest BCUT2D eigenvalue weighted by atomic mass is 32.2. The fraction of sp³-hybridized carbons (Fsp3) is 0.250. The first-order valence-corrected chi connectivity index (χ1v) is 7.53. The van der Waals surface area contributed by atoms with E-state index in [-0.39, 0.29) is 5.84 Å². The predicted octanol–water partition coefficient (Wildman–Crippen LogP) is 1.86. The summed E-state index contributed by atoms with van der Waals surface area (Å²) >= 11 is 2.85. The van der Waals surface area contributed by atoms with Gasteiger partial charge in [0.1, 0.15) is 5.75 Å². The molecule has 0 amide bonds. The molecule has 0 fully saturated rings. The minimum absolute atomic E-state index is 0.0394. The van der Waals surface area contributed by atoms with E-state index < -0.39 is 0 Å². The van der Waals surface area contributed by atoms with Crippen LogP contribution in [0.15, 0.2) is 32.6 Å². The Balaban J connectivity index is 2.36. The molecule has 0 bridgehead atoms. The molecule has 112 valence electrons. The van der Waals surface area contributed by atoms with Crippen molar-refractivity contribution in [3.63, 3.8) is 0 Å². The second-order valence-electron chi connectivity index (χ2n) is 4.19. The Morgan fingerprint density at radius 2 is 2.19 bits per heavy atom. The lowest BCUT2D eigenvalue weighted by Gasteiger charge is -2.08. The smallest absolute Gasteiger partial charge is 0.208 e. The summed E-state index contributed by atoms with van der Waals surface area (Å²) < 4.78 is 5.97. The molecule has 2 aromatic rings. The van der Waals surface area contributed by atoms with Crippen molar-refractivity contribution in [2.45, 2.75) is 9.24 Å². The van der Waals surface area contributed by atoms with Crippen molar-refractivity contribution in [3.05, 3.63) is 23.8 Å². The predicted molar refractivity (Wildman–Crippen MR) is 83.9 cm³/mol. The number of rotatable bonds is 5. The number of amidine groups is 1. The molecular formula is C12H15N5O2S2. The van der Waals surface area contributed by atoms with E-state index in [0.29, 0.717) is 11.3 Å². The van der Waals surface area contributed by atoms with E-state index in [1.54, 1.807) is 19.2 Å². The molecule has 0 aliphatic heterocycles. The maximum absolute atomic E-state index is 8.87. The molecule has 0 saturated carbocycles. The lowest BCUT2D eigenvalue weighted by Crippen LogP contribution is -2.14. The minimum atomic E-state index is 0.0394. The van der Waals surface area contributed by atoms with Gasteiger partial charge in [0, 0.05) is 24.6 Å². The Kier molecular flexibility index (Phi) is 4.86. The summed E-state index contributed by atoms with van der Waals surface area (Å²) in [6.45, 7) is 0. The quantitative estimate of drug-likeness (QED) is 0.375. The van der Waals surface area contributed by atoms with E-state index in [2.05, 4.69) is 15.4 Å². The van der Waals surface area contributed by atoms with Crippen molar-refractivity contribution >= 4 is 34.1 Å². The molecule has 2 rings (SSSR count). The number of ether oxygens (including phenoxy) is 1. The van der Waals surface area contributed by atoms with Crippen LogP contribution in [-0.2, 0) is 0 Å². The van der Waals surface area contributed by atoms with Gasteiger partial charge < -0.3 is 20.6 Å². The van der Waals surface area contributed by atoms with Gasteiger partial charge >= 0.3 is 0 Å². The van der Waals surface area contributed by atoms with Crippen LogP contribution in [0.3, 0.4) is 0 Å². The number of nitrogens with zero attached hydrogens (tertiary/aromatic N) is 4. The van der Waals surface area contributed by atoms with Crippen LogP contribution in [-0.4, -0.2) is 42.4 Å². The Morgan fingerprint density at radius 1 is 1.43 bits per heavy atom. The molecule has 0 spiro atoms. The summed E-state index contributed by atoms with van der Waals surface area (Å²) in [5.41, 5.74) is 6.31. The molecule has 0 unspecified atom stereocenters. The highest BCUT2D eigenvalue weighted by molar-refractivity contribution is 8.01. The SMILES string of the molecule is COc1ccc(/C(N)=N/O)c(Sc2nnc(N(C)C)s2)c1. The second-order valence-corrected chi connectivity index (χ2v) is 6.44. The lowest BCUT2D eigenvalue weighted by atomic mass is 10.2. The van der Waals surface area contributed by atoms with Gasteiger partial charge in [-0.1, -0.05) is 28.3 Å². The van der Waals surface area contributed by atoms with E-state index in [0.717, 1.165) is 14.4 Å². The molecule has 1 aromatic carbocycles. The van der Waals surface area contributed by atoms with Crippen LogP contribution in [0.2, 0.25) is 0 Å². The third-order valence-electron chi connectivity index (χ3n) is 2.55. The van der Waals surface area contributed by atoms with E-state index in [4.69, 9.17) is 15.7 Å². The number of nitrogens with two attached hydrogens (primary N) is 1. The van der Waals surface area contributed by atoms with Gasteiger partial charge in [-0.05, 0) is 18.2 Å². The van der Waals surface area contributed by atoms with Gasteiger partial charge in [0.15, 0.2) is 10.2 Å². The third-order valence-corrected chi connectivity index (χ3v) is 4.75. The number of benzene rings is 1. The Labute approximate surface area is 130 Å². The summed E-state index contributed by atoms with van der Waals surface area (Å²) in [6.07, 6.45) is 0. The van der Waals surface area contributed by atoms with Gasteiger partial charge in [-0.2, -0.15) is 0 Å². The minimum Gasteiger partial charge on any atom is -0.497 e. The van der Waals surface area contributed by atoms with Crippen LogP contribution < -0.4 is 15.4 Å². The molecule has 1 aromatic heterocycles. The first-order valence-electron chi connectivity index (χ1n) is 5.89. The average molecular weight is 325 g/mol. The van der Waals surface area contributed by atoms with Crippen LogP contribution in [0.1, 0.15) is 5.56 Å². The first-order chi connectivity index (χ1) is 10.0. The average Bonchev–Trinajstić information content (AvgIpc) is 2.95. The van der Waals surface area contributed by atoms with E-state index in [9.17, 15) is 0 Å². The largest absolute Gasteiger partial charge is 0.497 e. The van der Waals surface area contributed by atoms with E-state index in [1.165, 1.54) is 23.1 Å². The highest BCUT2D eigenvalue weighted by Gasteiger charge is 2.14. The number of oxime groups is 1. The van der Waals surface area contributed by atoms with Gasteiger partial charge in [-0.25, -0.2) is 0 Å². The van der Waals surface area contributed by atoms with Crippen molar-refractivity contribution in [1.29, 1.82) is 0 Å². The van der Waals surface area contributed by atoms with Crippen molar-refractivity contribution in [1.82, 2.24) is 10.2 Å².